The third kappa shape index (κ3) is 3.90. The van der Waals surface area contributed by atoms with Crippen LogP contribution in [0.4, 0.5) is 11.4 Å². The SMILES string of the molecule is CCOC(=O)/C=N\Nc1ccccc1[N+](=O)[O-]. The molecule has 1 rings (SSSR count). The van der Waals surface area contributed by atoms with Crippen molar-refractivity contribution in [2.24, 2.45) is 5.10 Å². The topological polar surface area (TPSA) is 93.8 Å². The van der Waals surface area contributed by atoms with Gasteiger partial charge in [0.1, 0.15) is 11.9 Å². The van der Waals surface area contributed by atoms with Gasteiger partial charge in [0.05, 0.1) is 11.5 Å². The molecule has 0 aliphatic carbocycles. The lowest BCUT2D eigenvalue weighted by Gasteiger charge is -2.00. The fourth-order valence-corrected chi connectivity index (χ4v) is 1.06. The van der Waals surface area contributed by atoms with Crippen molar-refractivity contribution in [1.82, 2.24) is 0 Å². The van der Waals surface area contributed by atoms with Crippen LogP contribution in [0.25, 0.3) is 0 Å². The van der Waals surface area contributed by atoms with Gasteiger partial charge in [-0.25, -0.2) is 4.79 Å². The molecule has 0 radical (unpaired) electrons. The first-order valence-corrected chi connectivity index (χ1v) is 4.84. The molecule has 1 N–H and O–H groups in total. The van der Waals surface area contributed by atoms with Crippen LogP contribution in [0.1, 0.15) is 6.92 Å². The molecule has 0 saturated heterocycles. The zero-order valence-electron chi connectivity index (χ0n) is 9.12. The number of hydrazone groups is 1. The normalized spacial score (nSPS) is 10.2. The van der Waals surface area contributed by atoms with Crippen molar-refractivity contribution in [3.8, 4) is 0 Å². The van der Waals surface area contributed by atoms with E-state index in [1.807, 2.05) is 0 Å². The molecule has 0 aromatic heterocycles. The Kier molecular flexibility index (Phi) is 4.61. The van der Waals surface area contributed by atoms with Crippen LogP contribution in [0, 0.1) is 10.1 Å². The molecular weight excluding hydrogens is 226 g/mol. The standard InChI is InChI=1S/C10H11N3O4/c1-2-17-10(14)7-11-12-8-5-3-4-6-9(8)13(15)16/h3-7,12H,2H2,1H3/b11-7-. The van der Waals surface area contributed by atoms with Crippen molar-refractivity contribution in [3.63, 3.8) is 0 Å². The highest BCUT2D eigenvalue weighted by Crippen LogP contribution is 2.22. The molecule has 0 bridgehead atoms. The number of hydrogen-bond donors (Lipinski definition) is 1. The lowest BCUT2D eigenvalue weighted by molar-refractivity contribution is -0.384. The van der Waals surface area contributed by atoms with Crippen molar-refractivity contribution >= 4 is 23.6 Å². The zero-order chi connectivity index (χ0) is 12.7. The fraction of sp³-hybridized carbons (Fsp3) is 0.200. The zero-order valence-corrected chi connectivity index (χ0v) is 9.12. The molecule has 7 nitrogen and oxygen atoms in total. The van der Waals surface area contributed by atoms with Crippen LogP contribution in [0.3, 0.4) is 0 Å². The Morgan fingerprint density at radius 3 is 2.94 bits per heavy atom. The second-order valence-corrected chi connectivity index (χ2v) is 2.90. The number of carbonyl (C=O) groups excluding carboxylic acids is 1. The molecule has 90 valence electrons. The minimum Gasteiger partial charge on any atom is -0.462 e. The Morgan fingerprint density at radius 1 is 1.59 bits per heavy atom. The summed E-state index contributed by atoms with van der Waals surface area (Å²) in [4.78, 5) is 21.0. The summed E-state index contributed by atoms with van der Waals surface area (Å²) >= 11 is 0. The Morgan fingerprint density at radius 2 is 2.29 bits per heavy atom. The van der Waals surface area contributed by atoms with Crippen LogP contribution in [0.15, 0.2) is 29.4 Å². The van der Waals surface area contributed by atoms with E-state index in [1.54, 1.807) is 19.1 Å². The van der Waals surface area contributed by atoms with Crippen molar-refractivity contribution < 1.29 is 14.5 Å². The highest BCUT2D eigenvalue weighted by molar-refractivity contribution is 6.23. The maximum atomic E-state index is 10.9. The number of ether oxygens (including phenoxy) is 1. The maximum Gasteiger partial charge on any atom is 0.351 e. The van der Waals surface area contributed by atoms with Crippen LogP contribution < -0.4 is 5.43 Å². The molecular formula is C10H11N3O4. The van der Waals surface area contributed by atoms with Crippen LogP contribution in [0.2, 0.25) is 0 Å². The highest BCUT2D eigenvalue weighted by atomic mass is 16.6. The van der Waals surface area contributed by atoms with E-state index in [1.165, 1.54) is 12.1 Å². The Labute approximate surface area is 97.2 Å². The van der Waals surface area contributed by atoms with Gasteiger partial charge in [-0.1, -0.05) is 12.1 Å². The molecule has 0 heterocycles. The summed E-state index contributed by atoms with van der Waals surface area (Å²) in [7, 11) is 0. The van der Waals surface area contributed by atoms with Gasteiger partial charge in [-0.2, -0.15) is 5.10 Å². The molecule has 7 heteroatoms. The van der Waals surface area contributed by atoms with Crippen molar-refractivity contribution in [2.45, 2.75) is 6.92 Å². The van der Waals surface area contributed by atoms with Gasteiger partial charge >= 0.3 is 5.97 Å². The molecule has 0 amide bonds. The summed E-state index contributed by atoms with van der Waals surface area (Å²) in [5.41, 5.74) is 2.50. The third-order valence-corrected chi connectivity index (χ3v) is 1.74. The quantitative estimate of drug-likeness (QED) is 0.363. The Balaban J connectivity index is 2.69. The van der Waals surface area contributed by atoms with Crippen molar-refractivity contribution in [2.75, 3.05) is 12.0 Å². The number of nitrogens with zero attached hydrogens (tertiary/aromatic N) is 2. The average Bonchev–Trinajstić information content (AvgIpc) is 2.30. The highest BCUT2D eigenvalue weighted by Gasteiger charge is 2.10. The van der Waals surface area contributed by atoms with Gasteiger partial charge < -0.3 is 4.74 Å². The number of nitro groups is 1. The molecule has 0 atom stereocenters. The molecule has 0 unspecified atom stereocenters. The smallest absolute Gasteiger partial charge is 0.351 e. The monoisotopic (exact) mass is 237 g/mol. The van der Waals surface area contributed by atoms with E-state index >= 15 is 0 Å². The van der Waals surface area contributed by atoms with Crippen LogP contribution in [-0.4, -0.2) is 23.7 Å². The number of para-hydroxylation sites is 2. The lowest BCUT2D eigenvalue weighted by atomic mass is 10.3. The van der Waals surface area contributed by atoms with E-state index in [4.69, 9.17) is 0 Å². The van der Waals surface area contributed by atoms with E-state index in [-0.39, 0.29) is 18.0 Å². The summed E-state index contributed by atoms with van der Waals surface area (Å²) in [6.45, 7) is 1.91. The van der Waals surface area contributed by atoms with Gasteiger partial charge in [-0.05, 0) is 13.0 Å². The molecule has 0 spiro atoms. The Bertz CT molecular complexity index is 445. The number of carbonyl (C=O) groups is 1. The molecule has 0 aliphatic heterocycles. The van der Waals surface area contributed by atoms with Gasteiger partial charge in [0, 0.05) is 6.07 Å². The van der Waals surface area contributed by atoms with E-state index in [0.717, 1.165) is 6.21 Å². The summed E-state index contributed by atoms with van der Waals surface area (Å²) in [6.07, 6.45) is 0.917. The van der Waals surface area contributed by atoms with Gasteiger partial charge in [0.25, 0.3) is 5.69 Å². The number of rotatable bonds is 5. The molecule has 0 saturated carbocycles. The van der Waals surface area contributed by atoms with E-state index < -0.39 is 10.9 Å². The average molecular weight is 237 g/mol. The predicted molar refractivity (Wildman–Crippen MR) is 61.8 cm³/mol. The minimum atomic E-state index is -0.612. The van der Waals surface area contributed by atoms with Gasteiger partial charge in [-0.15, -0.1) is 0 Å². The Hall–Kier alpha value is -2.44. The first-order chi connectivity index (χ1) is 8.15. The largest absolute Gasteiger partial charge is 0.462 e. The van der Waals surface area contributed by atoms with Gasteiger partial charge in [0.2, 0.25) is 0 Å². The van der Waals surface area contributed by atoms with Crippen LogP contribution >= 0.6 is 0 Å². The van der Waals surface area contributed by atoms with Crippen molar-refractivity contribution in [3.05, 3.63) is 34.4 Å². The first kappa shape index (κ1) is 12.6. The predicted octanol–water partition coefficient (Wildman–Crippen LogP) is 1.56. The summed E-state index contributed by atoms with van der Waals surface area (Å²) in [5.74, 6) is -0.612. The number of nitrogens with one attached hydrogen (secondary N) is 1. The maximum absolute atomic E-state index is 10.9. The van der Waals surface area contributed by atoms with E-state index in [2.05, 4.69) is 15.3 Å². The second-order valence-electron chi connectivity index (χ2n) is 2.90. The number of esters is 1. The molecule has 1 aromatic rings. The van der Waals surface area contributed by atoms with Gasteiger partial charge in [0.15, 0.2) is 0 Å². The van der Waals surface area contributed by atoms with E-state index in [0.29, 0.717) is 0 Å². The molecule has 0 fully saturated rings. The fourth-order valence-electron chi connectivity index (χ4n) is 1.06. The number of nitro benzene ring substituents is 1. The first-order valence-electron chi connectivity index (χ1n) is 4.84. The molecule has 0 aliphatic rings. The van der Waals surface area contributed by atoms with E-state index in [9.17, 15) is 14.9 Å². The number of benzene rings is 1. The molecule has 17 heavy (non-hydrogen) atoms. The lowest BCUT2D eigenvalue weighted by Crippen LogP contribution is -2.06. The minimum absolute atomic E-state index is 0.117. The summed E-state index contributed by atoms with van der Waals surface area (Å²) in [6, 6.07) is 5.98. The number of hydrogen-bond acceptors (Lipinski definition) is 6. The summed E-state index contributed by atoms with van der Waals surface area (Å²) in [5, 5.41) is 14.2. The van der Waals surface area contributed by atoms with Crippen LogP contribution in [0.5, 0.6) is 0 Å². The second kappa shape index (κ2) is 6.21. The summed E-state index contributed by atoms with van der Waals surface area (Å²) < 4.78 is 4.60. The number of anilines is 1. The van der Waals surface area contributed by atoms with Crippen LogP contribution in [-0.2, 0) is 9.53 Å². The third-order valence-electron chi connectivity index (χ3n) is 1.74. The molecule has 1 aromatic carbocycles. The van der Waals surface area contributed by atoms with Gasteiger partial charge in [-0.3, -0.25) is 15.5 Å². The van der Waals surface area contributed by atoms with Crippen molar-refractivity contribution in [1.29, 1.82) is 0 Å².